The number of carboxylic acids is 3. The molecule has 0 aromatic rings. The molecule has 6 aliphatic rings. The molecule has 6 rings (SSSR count). The Morgan fingerprint density at radius 1 is 0.423 bits per heavy atom. The minimum absolute atomic E-state index is 0.827. The Hall–Kier alpha value is -4.91. The van der Waals surface area contributed by atoms with Gasteiger partial charge in [0.05, 0.1) is 76.1 Å². The first-order valence-electron chi connectivity index (χ1n) is 30.0. The van der Waals surface area contributed by atoms with E-state index in [2.05, 4.69) is 21.3 Å². The van der Waals surface area contributed by atoms with Gasteiger partial charge in [-0.05, 0) is 0 Å². The summed E-state index contributed by atoms with van der Waals surface area (Å²) >= 11 is 0. The molecule has 6 saturated heterocycles. The van der Waals surface area contributed by atoms with Crippen molar-refractivity contribution in [3.8, 4) is 0 Å². The molecule has 44 heteroatoms. The van der Waals surface area contributed by atoms with E-state index in [1.165, 1.54) is 0 Å². The van der Waals surface area contributed by atoms with Crippen LogP contribution in [0.15, 0.2) is 0 Å². The third kappa shape index (κ3) is 17.7. The number of carbonyl (C=O) groups excluding carboxylic acids is 4. The van der Waals surface area contributed by atoms with E-state index in [1.807, 2.05) is 0 Å². The Morgan fingerprint density at radius 3 is 1.19 bits per heavy atom. The second-order valence-electron chi connectivity index (χ2n) is 24.0. The number of ether oxygens (including phenoxy) is 11. The van der Waals surface area contributed by atoms with E-state index in [1.54, 1.807) is 0 Å². The highest BCUT2D eigenvalue weighted by Gasteiger charge is 2.65. The van der Waals surface area contributed by atoms with Crippen LogP contribution in [0.2, 0.25) is 0 Å². The summed E-state index contributed by atoms with van der Waals surface area (Å²) in [6, 6.07) is -7.92. The molecule has 0 aliphatic carbocycles. The number of aliphatic hydroxyl groups excluding tert-OH is 19. The molecule has 6 aliphatic heterocycles. The number of aliphatic carboxylic acids is 3. The highest BCUT2D eigenvalue weighted by Crippen LogP contribution is 2.43. The molecule has 0 spiro atoms. The van der Waals surface area contributed by atoms with Gasteiger partial charge in [-0.15, -0.1) is 0 Å². The number of rotatable bonds is 29. The molecule has 6 fully saturated rings. The zero-order valence-electron chi connectivity index (χ0n) is 51.9. The monoisotopic (exact) mass is 1420 g/mol. The number of nitrogens with one attached hydrogen (secondary N) is 4. The summed E-state index contributed by atoms with van der Waals surface area (Å²) in [5.74, 6) is -21.5. The van der Waals surface area contributed by atoms with Crippen molar-refractivity contribution in [2.24, 2.45) is 0 Å². The van der Waals surface area contributed by atoms with Gasteiger partial charge in [0, 0.05) is 47.0 Å². The first kappa shape index (κ1) is 81.1. The molecular formula is C53H86N4O40. The van der Waals surface area contributed by atoms with E-state index >= 15 is 0 Å². The first-order valence-corrected chi connectivity index (χ1v) is 30.0. The normalized spacial score (nSPS) is 42.1. The Kier molecular flexibility index (Phi) is 28.2. The van der Waals surface area contributed by atoms with Crippen molar-refractivity contribution >= 4 is 41.5 Å². The van der Waals surface area contributed by atoms with E-state index in [-0.39, 0.29) is 0 Å². The lowest BCUT2D eigenvalue weighted by Gasteiger charge is -2.52. The van der Waals surface area contributed by atoms with Crippen LogP contribution in [0.25, 0.3) is 0 Å². The van der Waals surface area contributed by atoms with E-state index in [0.29, 0.717) is 0 Å². The number of carbonyl (C=O) groups is 7. The van der Waals surface area contributed by atoms with E-state index < -0.39 is 301 Å². The molecular weight excluding hydrogens is 1330 g/mol. The Bertz CT molecular complexity index is 2680. The number of carboxylic acid groups (broad SMARTS) is 3. The summed E-state index contributed by atoms with van der Waals surface area (Å²) in [6.07, 6.45) is -63.8. The number of amides is 4. The average Bonchev–Trinajstić information content (AvgIpc) is 0.753. The predicted octanol–water partition coefficient (Wildman–Crippen LogP) is -15.9. The van der Waals surface area contributed by atoms with E-state index in [0.717, 1.165) is 27.7 Å². The minimum atomic E-state index is -3.61. The minimum Gasteiger partial charge on any atom is -0.477 e. The number of hydrogen-bond donors (Lipinski definition) is 26. The second-order valence-corrected chi connectivity index (χ2v) is 24.0. The summed E-state index contributed by atoms with van der Waals surface area (Å²) in [5.41, 5.74) is 0. The van der Waals surface area contributed by atoms with Crippen LogP contribution in [0, 0.1) is 0 Å². The van der Waals surface area contributed by atoms with Crippen LogP contribution in [0.3, 0.4) is 0 Å². The Labute approximate surface area is 547 Å². The molecule has 44 nitrogen and oxygen atoms in total. The van der Waals surface area contributed by atoms with Crippen molar-refractivity contribution in [3.63, 3.8) is 0 Å². The zero-order valence-corrected chi connectivity index (χ0v) is 51.9. The maximum Gasteiger partial charge on any atom is 0.364 e. The van der Waals surface area contributed by atoms with Gasteiger partial charge in [-0.25, -0.2) is 14.4 Å². The summed E-state index contributed by atoms with van der Waals surface area (Å²) in [7, 11) is 0. The molecule has 26 N–H and O–H groups in total. The van der Waals surface area contributed by atoms with Crippen LogP contribution < -0.4 is 21.3 Å². The fourth-order valence-corrected chi connectivity index (χ4v) is 12.2. The largest absolute Gasteiger partial charge is 0.477 e. The molecule has 0 aromatic heterocycles. The lowest BCUT2D eigenvalue weighted by Crippen LogP contribution is -2.72. The van der Waals surface area contributed by atoms with Gasteiger partial charge < -0.3 is 186 Å². The molecule has 0 bridgehead atoms. The third-order valence-electron chi connectivity index (χ3n) is 17.0. The predicted molar refractivity (Wildman–Crippen MR) is 297 cm³/mol. The van der Waals surface area contributed by atoms with Crippen LogP contribution in [-0.2, 0) is 85.7 Å². The lowest BCUT2D eigenvalue weighted by atomic mass is 9.86. The molecule has 33 atom stereocenters. The van der Waals surface area contributed by atoms with Crippen LogP contribution >= 0.6 is 0 Å². The van der Waals surface area contributed by atoms with Crippen LogP contribution in [0.4, 0.5) is 0 Å². The van der Waals surface area contributed by atoms with Crippen molar-refractivity contribution in [2.45, 2.75) is 248 Å². The van der Waals surface area contributed by atoms with Crippen LogP contribution in [0.1, 0.15) is 47.0 Å². The summed E-state index contributed by atoms with van der Waals surface area (Å²) in [4.78, 5) is 91.0. The highest BCUT2D eigenvalue weighted by atomic mass is 16.8. The topological polar surface area (TPSA) is 714 Å². The second kappa shape index (κ2) is 33.7. The first-order chi connectivity index (χ1) is 45.4. The fraction of sp³-hybridized carbons (Fsp3) is 0.868. The van der Waals surface area contributed by atoms with E-state index in [4.69, 9.17) is 52.1 Å². The van der Waals surface area contributed by atoms with E-state index in [9.17, 15) is 146 Å². The molecule has 0 aromatic carbocycles. The maximum absolute atomic E-state index is 13.8. The van der Waals surface area contributed by atoms with Crippen molar-refractivity contribution in [1.82, 2.24) is 21.3 Å². The van der Waals surface area contributed by atoms with Crippen molar-refractivity contribution in [3.05, 3.63) is 0 Å². The summed E-state index contributed by atoms with van der Waals surface area (Å²) in [6.45, 7) is -4.36. The van der Waals surface area contributed by atoms with Crippen molar-refractivity contribution in [2.75, 3.05) is 39.6 Å². The Balaban J connectivity index is 1.37. The molecule has 4 amide bonds. The van der Waals surface area contributed by atoms with Gasteiger partial charge in [-0.3, -0.25) is 19.2 Å². The molecule has 0 radical (unpaired) electrons. The number of hydrogen-bond acceptors (Lipinski definition) is 37. The summed E-state index contributed by atoms with van der Waals surface area (Å²) in [5, 5.41) is 250. The van der Waals surface area contributed by atoms with Crippen LogP contribution in [0.5, 0.6) is 0 Å². The Morgan fingerprint density at radius 2 is 0.794 bits per heavy atom. The molecule has 97 heavy (non-hydrogen) atoms. The van der Waals surface area contributed by atoms with Crippen molar-refractivity contribution in [1.29, 1.82) is 0 Å². The third-order valence-corrected chi connectivity index (χ3v) is 17.0. The van der Waals surface area contributed by atoms with Gasteiger partial charge in [-0.2, -0.15) is 0 Å². The van der Waals surface area contributed by atoms with Gasteiger partial charge >= 0.3 is 17.9 Å². The lowest BCUT2D eigenvalue weighted by molar-refractivity contribution is -0.391. The fourth-order valence-electron chi connectivity index (χ4n) is 12.2. The van der Waals surface area contributed by atoms with Gasteiger partial charge in [-0.1, -0.05) is 0 Å². The SMILES string of the molecule is CC(=O)N[C@H]1[C@H](O[C@@H]2[C@H](O[C@]3(C(=O)O)C[C@H](O)[C@@H](NC(C)=O)[C@H]([C@H](O)[C@@H](CO)O[C@]4(C(=O)O)C[C@H](O)[C@@H](NC(C)=O)[C@H]([C@H](O)[C@@H](CO)O[C@]5(C(=O)O)C[C@H](O)[C@@H](NC(C)=O)[C@H]([C@H](O)[C@H](O)CO)O5)O4)O3)[C@@H](O)[C@H](O)O[C@@H]2CO)O[C@H](CO)[C@H](O)[C@@H]1O[C@@H]1O[C@H](CO)[C@H](O)[C@H](O)[C@H]1O. The van der Waals surface area contributed by atoms with Gasteiger partial charge in [0.1, 0.15) is 128 Å². The van der Waals surface area contributed by atoms with Gasteiger partial charge in [0.25, 0.3) is 17.4 Å². The molecule has 0 saturated carbocycles. The van der Waals surface area contributed by atoms with Gasteiger partial charge in [0.2, 0.25) is 23.6 Å². The number of aliphatic hydroxyl groups is 19. The molecule has 558 valence electrons. The summed E-state index contributed by atoms with van der Waals surface area (Å²) < 4.78 is 63.0. The average molecular weight is 1420 g/mol. The highest BCUT2D eigenvalue weighted by molar-refractivity contribution is 5.78. The molecule has 6 heterocycles. The van der Waals surface area contributed by atoms with Crippen LogP contribution in [-0.4, -0.2) is 394 Å². The zero-order chi connectivity index (χ0) is 72.8. The standard InChI is InChI=1S/C53H86N4O40/c1-14(64)54-27-18(68)5-51(48(81)82,94-41(27)31(72)21(71)8-58)92-24(11-61)34(75)42-28(55-15(2)65)19(69)6-52(95-42,49(83)84)93-25(12-62)35(76)43-29(56-16(3)66)20(70)7-53(96-43,50(85)86)97-44-38(79)45(80)87-26(13-63)39(44)90-46-30(57-17(4)67)40(33(74)23(10-60)88-46)91-47-37(78)36(77)32(73)22(9-59)89-47/h18-47,58-63,68-80H,5-13H2,1-4H3,(H,54,64)(H,55,65)(H,56,66)(H,57,67)(H,81,82)(H,83,84)(H,85,86)/t18-,19-,20-,21+,22+,23+,24+,25+,26+,27+,28+,29+,30+,31+,32-,33-,34+,35+,36-,37+,38+,39-,40+,41+,42+,43+,44+,45+,46-,47-,51+,52+,53-/m0/s1. The maximum atomic E-state index is 13.8. The van der Waals surface area contributed by atoms with Gasteiger partial charge in [0.15, 0.2) is 18.9 Å². The van der Waals surface area contributed by atoms with Crippen molar-refractivity contribution < 1.29 is 198 Å². The smallest absolute Gasteiger partial charge is 0.364 e. The quantitative estimate of drug-likeness (QED) is 0.0331. The molecule has 0 unspecified atom stereocenters.